The number of aromatic nitrogens is 2. The number of nitrogens with one attached hydrogen (secondary N) is 2. The number of Topliss-reactive ketones (excluding diaryl/α,β-unsaturated/α-hetero) is 2. The van der Waals surface area contributed by atoms with E-state index in [2.05, 4.69) is 23.8 Å². The quantitative estimate of drug-likeness (QED) is 0.294. The third kappa shape index (κ3) is 4.73. The molecule has 174 valence electrons. The van der Waals surface area contributed by atoms with Gasteiger partial charge >= 0.3 is 0 Å². The molecule has 4 rings (SSSR count). The maximum absolute atomic E-state index is 13.7. The van der Waals surface area contributed by atoms with Crippen LogP contribution in [0, 0.1) is 18.8 Å². The van der Waals surface area contributed by atoms with E-state index in [1.165, 1.54) is 4.90 Å². The van der Waals surface area contributed by atoms with E-state index in [1.54, 1.807) is 49.1 Å². The third-order valence-electron chi connectivity index (χ3n) is 5.93. The number of carbonyl (C=O) groups excluding carboxylic acids is 3. The number of nitrogens with zero attached hydrogens (tertiary/aromatic N) is 1. The van der Waals surface area contributed by atoms with Gasteiger partial charge in [0.25, 0.3) is 5.91 Å². The Hall–Kier alpha value is -3.87. The number of aryl methyl sites for hydroxylation is 1. The molecule has 1 amide bonds. The number of H-pyrrole nitrogens is 2. The molecule has 2 aromatic heterocycles. The molecule has 0 radical (unpaired) electrons. The van der Waals surface area contributed by atoms with E-state index in [9.17, 15) is 14.4 Å². The predicted molar refractivity (Wildman–Crippen MR) is 124 cm³/mol. The third-order valence-corrected chi connectivity index (χ3v) is 5.93. The molecule has 2 N–H and O–H groups in total. The van der Waals surface area contributed by atoms with Crippen molar-refractivity contribution in [2.75, 3.05) is 6.61 Å². The van der Waals surface area contributed by atoms with Crippen LogP contribution in [0.4, 0.5) is 0 Å². The van der Waals surface area contributed by atoms with Gasteiger partial charge in [-0.25, -0.2) is 9.97 Å². The lowest BCUT2D eigenvalue weighted by molar-refractivity contribution is -0.379. The van der Waals surface area contributed by atoms with Crippen LogP contribution in [0.25, 0.3) is 0 Å². The van der Waals surface area contributed by atoms with Crippen LogP contribution >= 0.6 is 0 Å². The zero-order valence-corrected chi connectivity index (χ0v) is 19.6. The number of hydrogen-bond acceptors (Lipinski definition) is 4. The molecular formula is C27H29N3O4+2. The monoisotopic (exact) mass is 459 g/mol. The summed E-state index contributed by atoms with van der Waals surface area (Å²) in [4.78, 5) is 47.5. The number of ether oxygens (including phenoxy) is 1. The molecule has 0 spiro atoms. The van der Waals surface area contributed by atoms with Crippen molar-refractivity contribution in [3.05, 3.63) is 89.5 Å². The van der Waals surface area contributed by atoms with Gasteiger partial charge in [-0.2, -0.15) is 0 Å². The van der Waals surface area contributed by atoms with Crippen molar-refractivity contribution in [2.24, 2.45) is 11.8 Å². The Balaban J connectivity index is 1.69. The Morgan fingerprint density at radius 2 is 1.79 bits per heavy atom. The zero-order chi connectivity index (χ0) is 24.2. The molecule has 7 nitrogen and oxygen atoms in total. The summed E-state index contributed by atoms with van der Waals surface area (Å²) in [5.74, 6) is -1.77. The molecule has 0 aliphatic carbocycles. The van der Waals surface area contributed by atoms with Gasteiger partial charge in [0, 0.05) is 28.8 Å². The maximum atomic E-state index is 13.7. The molecule has 2 unspecified atom stereocenters. The Labute approximate surface area is 198 Å². The second-order valence-electron chi connectivity index (χ2n) is 9.01. The Morgan fingerprint density at radius 1 is 1.06 bits per heavy atom. The van der Waals surface area contributed by atoms with Gasteiger partial charge in [0.2, 0.25) is 5.78 Å². The number of hydrogen-bond donors (Lipinski definition) is 0. The lowest BCUT2D eigenvalue weighted by atomic mass is 9.85. The summed E-state index contributed by atoms with van der Waals surface area (Å²) in [6.07, 6.45) is 7.03. The lowest BCUT2D eigenvalue weighted by Crippen LogP contribution is -2.31. The highest BCUT2D eigenvalue weighted by molar-refractivity contribution is 6.44. The highest BCUT2D eigenvalue weighted by atomic mass is 16.5. The van der Waals surface area contributed by atoms with Gasteiger partial charge in [-0.05, 0) is 48.7 Å². The number of likely N-dealkylation sites (tertiary alicyclic amines) is 1. The van der Waals surface area contributed by atoms with Gasteiger partial charge in [0.15, 0.2) is 30.6 Å². The second kappa shape index (κ2) is 9.95. The average molecular weight is 460 g/mol. The summed E-state index contributed by atoms with van der Waals surface area (Å²) in [6, 6.07) is 11.9. The van der Waals surface area contributed by atoms with Crippen LogP contribution in [0.5, 0.6) is 5.75 Å². The van der Waals surface area contributed by atoms with Crippen LogP contribution in [0.2, 0.25) is 0 Å². The van der Waals surface area contributed by atoms with Crippen molar-refractivity contribution in [3.63, 3.8) is 0 Å². The van der Waals surface area contributed by atoms with Crippen LogP contribution in [0.15, 0.2) is 67.3 Å². The number of rotatable bonds is 8. The first-order valence-corrected chi connectivity index (χ1v) is 11.4. The highest BCUT2D eigenvalue weighted by Crippen LogP contribution is 2.39. The number of pyridine rings is 2. The molecule has 1 aliphatic rings. The fraction of sp³-hybridized carbons (Fsp3) is 0.296. The van der Waals surface area contributed by atoms with Gasteiger partial charge in [-0.3, -0.25) is 14.4 Å². The number of amides is 1. The summed E-state index contributed by atoms with van der Waals surface area (Å²) >= 11 is 0. The van der Waals surface area contributed by atoms with Crippen molar-refractivity contribution in [1.29, 1.82) is 0 Å². The van der Waals surface area contributed by atoms with Gasteiger partial charge in [0.1, 0.15) is 11.7 Å². The standard InChI is InChI=1S/C27H27N3O4/c1-17(2)16-34-21-8-9-22(18(3)12-21)25(31)23-24(20-7-5-11-29-14-20)30(27(33)26(23)32)15-19-6-4-10-28-13-19/h4-14,17,23-24H,15-16H2,1-3H3/p+2. The second-order valence-corrected chi connectivity index (χ2v) is 9.01. The molecule has 0 saturated carbocycles. The van der Waals surface area contributed by atoms with Gasteiger partial charge in [0.05, 0.1) is 19.2 Å². The van der Waals surface area contributed by atoms with Gasteiger partial charge < -0.3 is 9.64 Å². The first-order chi connectivity index (χ1) is 16.4. The van der Waals surface area contributed by atoms with E-state index in [0.717, 1.165) is 5.56 Å². The highest BCUT2D eigenvalue weighted by Gasteiger charge is 2.52. The summed E-state index contributed by atoms with van der Waals surface area (Å²) in [6.45, 7) is 6.73. The van der Waals surface area contributed by atoms with E-state index in [1.807, 2.05) is 25.1 Å². The summed E-state index contributed by atoms with van der Waals surface area (Å²) in [5, 5.41) is 0. The number of ketones is 2. The fourth-order valence-electron chi connectivity index (χ4n) is 4.28. The lowest BCUT2D eigenvalue weighted by Gasteiger charge is -2.26. The van der Waals surface area contributed by atoms with Crippen LogP contribution < -0.4 is 14.7 Å². The molecule has 1 saturated heterocycles. The van der Waals surface area contributed by atoms with Crippen molar-refractivity contribution in [1.82, 2.24) is 4.90 Å². The van der Waals surface area contributed by atoms with E-state index >= 15 is 0 Å². The summed E-state index contributed by atoms with van der Waals surface area (Å²) in [7, 11) is 0. The molecule has 1 aliphatic heterocycles. The first-order valence-electron chi connectivity index (χ1n) is 11.4. The molecule has 34 heavy (non-hydrogen) atoms. The predicted octanol–water partition coefficient (Wildman–Crippen LogP) is 2.81. The van der Waals surface area contributed by atoms with Crippen LogP contribution in [0.1, 0.15) is 46.9 Å². The molecule has 2 atom stereocenters. The number of carbonyl (C=O) groups is 3. The van der Waals surface area contributed by atoms with E-state index in [4.69, 9.17) is 4.74 Å². The molecular weight excluding hydrogens is 430 g/mol. The van der Waals surface area contributed by atoms with E-state index in [-0.39, 0.29) is 12.3 Å². The topological polar surface area (TPSA) is 92.0 Å². The maximum Gasteiger partial charge on any atom is 0.291 e. The van der Waals surface area contributed by atoms with Gasteiger partial charge in [-0.1, -0.05) is 13.8 Å². The smallest absolute Gasteiger partial charge is 0.291 e. The SMILES string of the molecule is Cc1cc(OCC(C)C)ccc1C(=O)C1C(=O)C(=O)N(Cc2ccc[nH+]c2)C1c1ccc[nH+]c1. The molecule has 1 aromatic carbocycles. The zero-order valence-electron chi connectivity index (χ0n) is 19.6. The average Bonchev–Trinajstić information content (AvgIpc) is 3.08. The van der Waals surface area contributed by atoms with Gasteiger partial charge in [-0.15, -0.1) is 0 Å². The van der Waals surface area contributed by atoms with Crippen LogP contribution in [-0.2, 0) is 16.1 Å². The minimum atomic E-state index is -1.13. The van der Waals surface area contributed by atoms with Crippen molar-refractivity contribution >= 4 is 17.5 Å². The minimum Gasteiger partial charge on any atom is -0.493 e. The molecule has 1 fully saturated rings. The summed E-state index contributed by atoms with van der Waals surface area (Å²) in [5.41, 5.74) is 2.67. The normalized spacial score (nSPS) is 17.9. The first kappa shape index (κ1) is 23.3. The molecule has 3 heterocycles. The fourth-order valence-corrected chi connectivity index (χ4v) is 4.28. The minimum absolute atomic E-state index is 0.215. The largest absolute Gasteiger partial charge is 0.493 e. The van der Waals surface area contributed by atoms with Crippen molar-refractivity contribution in [3.8, 4) is 5.75 Å². The van der Waals surface area contributed by atoms with E-state index in [0.29, 0.717) is 35.0 Å². The van der Waals surface area contributed by atoms with Crippen molar-refractivity contribution in [2.45, 2.75) is 33.4 Å². The van der Waals surface area contributed by atoms with E-state index < -0.39 is 23.7 Å². The molecule has 3 aromatic rings. The Morgan fingerprint density at radius 3 is 2.41 bits per heavy atom. The van der Waals surface area contributed by atoms with Crippen LogP contribution in [-0.4, -0.2) is 29.0 Å². The molecule has 0 bridgehead atoms. The number of benzene rings is 1. The van der Waals surface area contributed by atoms with Crippen LogP contribution in [0.3, 0.4) is 0 Å². The number of aromatic amines is 2. The Bertz CT molecular complexity index is 1200. The summed E-state index contributed by atoms with van der Waals surface area (Å²) < 4.78 is 5.77. The molecule has 7 heteroatoms. The Kier molecular flexibility index (Phi) is 6.82. The van der Waals surface area contributed by atoms with Crippen molar-refractivity contribution < 1.29 is 29.1 Å².